The molecule has 3 heteroatoms. The van der Waals surface area contributed by atoms with Gasteiger partial charge in [-0.1, -0.05) is 6.08 Å². The van der Waals surface area contributed by atoms with Crippen LogP contribution in [0.15, 0.2) is 12.7 Å². The molecule has 1 fully saturated rings. The van der Waals surface area contributed by atoms with E-state index in [1.807, 2.05) is 6.08 Å². The molecule has 1 N–H and O–H groups in total. The van der Waals surface area contributed by atoms with Crippen molar-refractivity contribution in [3.05, 3.63) is 12.7 Å². The quantitative estimate of drug-likeness (QED) is 0.500. The zero-order chi connectivity index (χ0) is 9.52. The van der Waals surface area contributed by atoms with Gasteiger partial charge < -0.3 is 4.90 Å². The summed E-state index contributed by atoms with van der Waals surface area (Å²) in [6, 6.07) is 0. The predicted octanol–water partition coefficient (Wildman–Crippen LogP) is 0.705. The fourth-order valence-electron chi connectivity index (χ4n) is 1.45. The van der Waals surface area contributed by atoms with E-state index in [9.17, 15) is 0 Å². The van der Waals surface area contributed by atoms with E-state index in [2.05, 4.69) is 29.0 Å². The third-order valence-electron chi connectivity index (χ3n) is 2.42. The Morgan fingerprint density at radius 3 is 2.62 bits per heavy atom. The second-order valence-electron chi connectivity index (χ2n) is 3.63. The molecule has 0 amide bonds. The van der Waals surface area contributed by atoms with Crippen LogP contribution in [0, 0.1) is 0 Å². The zero-order valence-corrected chi connectivity index (χ0v) is 8.63. The van der Waals surface area contributed by atoms with Crippen LogP contribution < -0.4 is 5.43 Å². The number of unbranched alkanes of at least 4 members (excludes halogenated alkanes) is 1. The highest BCUT2D eigenvalue weighted by molar-refractivity contribution is 4.68. The van der Waals surface area contributed by atoms with Gasteiger partial charge >= 0.3 is 0 Å². The number of piperazine rings is 1. The average Bonchev–Trinajstić information content (AvgIpc) is 2.15. The lowest BCUT2D eigenvalue weighted by molar-refractivity contribution is 0.104. The fraction of sp³-hybridized carbons (Fsp3) is 0.800. The molecule has 0 aliphatic carbocycles. The molecular weight excluding hydrogens is 162 g/mol. The first kappa shape index (κ1) is 10.7. The monoisotopic (exact) mass is 183 g/mol. The molecule has 1 aliphatic heterocycles. The SMILES string of the molecule is C=CCCCNN1CCN(C)CC1. The van der Waals surface area contributed by atoms with Crippen LogP contribution in [0.2, 0.25) is 0 Å². The van der Waals surface area contributed by atoms with Crippen molar-refractivity contribution in [2.24, 2.45) is 0 Å². The van der Waals surface area contributed by atoms with Crippen molar-refractivity contribution >= 4 is 0 Å². The zero-order valence-electron chi connectivity index (χ0n) is 8.63. The highest BCUT2D eigenvalue weighted by Gasteiger charge is 2.11. The second-order valence-corrected chi connectivity index (χ2v) is 3.63. The smallest absolute Gasteiger partial charge is 0.0259 e. The molecule has 76 valence electrons. The van der Waals surface area contributed by atoms with Gasteiger partial charge in [-0.25, -0.2) is 5.01 Å². The molecule has 0 saturated carbocycles. The van der Waals surface area contributed by atoms with Crippen LogP contribution in [0.5, 0.6) is 0 Å². The Labute approximate surface area is 81.4 Å². The van der Waals surface area contributed by atoms with E-state index in [0.29, 0.717) is 0 Å². The molecule has 0 unspecified atom stereocenters. The third kappa shape index (κ3) is 4.41. The van der Waals surface area contributed by atoms with Crippen molar-refractivity contribution < 1.29 is 0 Å². The molecule has 0 spiro atoms. The maximum atomic E-state index is 3.71. The highest BCUT2D eigenvalue weighted by Crippen LogP contribution is 1.95. The minimum Gasteiger partial charge on any atom is -0.304 e. The predicted molar refractivity (Wildman–Crippen MR) is 56.5 cm³/mol. The topological polar surface area (TPSA) is 18.5 Å². The van der Waals surface area contributed by atoms with Gasteiger partial charge in [-0.15, -0.1) is 6.58 Å². The number of rotatable bonds is 5. The number of allylic oxidation sites excluding steroid dienone is 1. The van der Waals surface area contributed by atoms with Gasteiger partial charge in [-0.05, 0) is 19.9 Å². The lowest BCUT2D eigenvalue weighted by Crippen LogP contribution is -2.50. The fourth-order valence-corrected chi connectivity index (χ4v) is 1.45. The second kappa shape index (κ2) is 6.13. The molecule has 0 aromatic heterocycles. The largest absolute Gasteiger partial charge is 0.304 e. The van der Waals surface area contributed by atoms with Gasteiger partial charge in [0.05, 0.1) is 0 Å². The highest BCUT2D eigenvalue weighted by atomic mass is 15.5. The summed E-state index contributed by atoms with van der Waals surface area (Å²) in [5, 5.41) is 2.32. The van der Waals surface area contributed by atoms with E-state index in [4.69, 9.17) is 0 Å². The van der Waals surface area contributed by atoms with Gasteiger partial charge in [0.25, 0.3) is 0 Å². The van der Waals surface area contributed by atoms with E-state index in [1.165, 1.54) is 19.5 Å². The Hall–Kier alpha value is -0.380. The van der Waals surface area contributed by atoms with Crippen molar-refractivity contribution in [2.45, 2.75) is 12.8 Å². The Bertz CT molecular complexity index is 139. The van der Waals surface area contributed by atoms with Crippen molar-refractivity contribution in [3.8, 4) is 0 Å². The number of nitrogens with zero attached hydrogens (tertiary/aromatic N) is 2. The molecule has 13 heavy (non-hydrogen) atoms. The molecule has 3 nitrogen and oxygen atoms in total. The summed E-state index contributed by atoms with van der Waals surface area (Å²) in [4.78, 5) is 2.36. The summed E-state index contributed by atoms with van der Waals surface area (Å²) in [7, 11) is 2.18. The van der Waals surface area contributed by atoms with E-state index in [0.717, 1.165) is 26.1 Å². The Kier molecular flexibility index (Phi) is 5.05. The van der Waals surface area contributed by atoms with Crippen LogP contribution in [0.3, 0.4) is 0 Å². The molecular formula is C10H21N3. The van der Waals surface area contributed by atoms with Crippen molar-refractivity contribution in [1.29, 1.82) is 0 Å². The minimum atomic E-state index is 1.08. The first-order valence-corrected chi connectivity index (χ1v) is 5.11. The first-order valence-electron chi connectivity index (χ1n) is 5.11. The number of nitrogens with one attached hydrogen (secondary N) is 1. The minimum absolute atomic E-state index is 1.08. The normalized spacial score (nSPS) is 20.4. The van der Waals surface area contributed by atoms with Crippen LogP contribution in [0.1, 0.15) is 12.8 Å². The van der Waals surface area contributed by atoms with Crippen molar-refractivity contribution in [3.63, 3.8) is 0 Å². The van der Waals surface area contributed by atoms with Gasteiger partial charge in [-0.2, -0.15) is 0 Å². The summed E-state index contributed by atoms with van der Waals surface area (Å²) >= 11 is 0. The summed E-state index contributed by atoms with van der Waals surface area (Å²) < 4.78 is 0. The standard InChI is InChI=1S/C10H21N3/c1-3-4-5-6-11-13-9-7-12(2)8-10-13/h3,11H,1,4-10H2,2H3. The Morgan fingerprint density at radius 2 is 2.00 bits per heavy atom. The average molecular weight is 183 g/mol. The van der Waals surface area contributed by atoms with Crippen LogP contribution in [-0.4, -0.2) is 49.7 Å². The van der Waals surface area contributed by atoms with Gasteiger partial charge in [0.15, 0.2) is 0 Å². The Balaban J connectivity index is 1.99. The van der Waals surface area contributed by atoms with Crippen LogP contribution in [0.4, 0.5) is 0 Å². The van der Waals surface area contributed by atoms with E-state index >= 15 is 0 Å². The maximum absolute atomic E-state index is 3.71. The summed E-state index contributed by atoms with van der Waals surface area (Å²) in [6.07, 6.45) is 4.28. The maximum Gasteiger partial charge on any atom is 0.0259 e. The molecule has 1 heterocycles. The van der Waals surface area contributed by atoms with Gasteiger partial charge in [0.1, 0.15) is 0 Å². The molecule has 1 rings (SSSR count). The van der Waals surface area contributed by atoms with E-state index < -0.39 is 0 Å². The molecule has 0 radical (unpaired) electrons. The number of hydrogen-bond donors (Lipinski definition) is 1. The molecule has 0 atom stereocenters. The van der Waals surface area contributed by atoms with Gasteiger partial charge in [0.2, 0.25) is 0 Å². The van der Waals surface area contributed by atoms with Gasteiger partial charge in [-0.3, -0.25) is 5.43 Å². The number of hydrazine groups is 1. The summed E-state index contributed by atoms with van der Waals surface area (Å²) in [6.45, 7) is 9.42. The van der Waals surface area contributed by atoms with Crippen LogP contribution >= 0.6 is 0 Å². The lowest BCUT2D eigenvalue weighted by Gasteiger charge is -2.32. The first-order chi connectivity index (χ1) is 6.33. The van der Waals surface area contributed by atoms with Crippen LogP contribution in [-0.2, 0) is 0 Å². The van der Waals surface area contributed by atoms with E-state index in [-0.39, 0.29) is 0 Å². The van der Waals surface area contributed by atoms with Crippen LogP contribution in [0.25, 0.3) is 0 Å². The molecule has 0 aromatic rings. The molecule has 1 aliphatic rings. The molecule has 0 aromatic carbocycles. The van der Waals surface area contributed by atoms with Crippen molar-refractivity contribution in [2.75, 3.05) is 39.8 Å². The number of hydrogen-bond acceptors (Lipinski definition) is 3. The Morgan fingerprint density at radius 1 is 1.31 bits per heavy atom. The summed E-state index contributed by atoms with van der Waals surface area (Å²) in [5.41, 5.74) is 3.44. The summed E-state index contributed by atoms with van der Waals surface area (Å²) in [5.74, 6) is 0. The number of likely N-dealkylation sites (N-methyl/N-ethyl adjacent to an activating group) is 1. The van der Waals surface area contributed by atoms with Crippen molar-refractivity contribution in [1.82, 2.24) is 15.3 Å². The molecule has 1 saturated heterocycles. The molecule has 0 bridgehead atoms. The third-order valence-corrected chi connectivity index (χ3v) is 2.42. The lowest BCUT2D eigenvalue weighted by atomic mass is 10.3. The van der Waals surface area contributed by atoms with Gasteiger partial charge in [0, 0.05) is 32.7 Å². The van der Waals surface area contributed by atoms with E-state index in [1.54, 1.807) is 0 Å².